The Morgan fingerprint density at radius 1 is 1.03 bits per heavy atom. The summed E-state index contributed by atoms with van der Waals surface area (Å²) in [5.41, 5.74) is 4.15. The average molecular weight is 490 g/mol. The van der Waals surface area contributed by atoms with Crippen molar-refractivity contribution in [3.63, 3.8) is 0 Å². The van der Waals surface area contributed by atoms with E-state index in [1.807, 2.05) is 31.7 Å². The van der Waals surface area contributed by atoms with Gasteiger partial charge in [0.1, 0.15) is 11.4 Å². The summed E-state index contributed by atoms with van der Waals surface area (Å²) in [4.78, 5) is 24.4. The predicted octanol–water partition coefficient (Wildman–Crippen LogP) is 5.01. The first-order valence-electron chi connectivity index (χ1n) is 13.2. The smallest absolute Gasteiger partial charge is 0.410 e. The van der Waals surface area contributed by atoms with Crippen LogP contribution in [0.3, 0.4) is 0 Å². The first-order chi connectivity index (χ1) is 17.3. The Morgan fingerprint density at radius 2 is 1.81 bits per heavy atom. The summed E-state index contributed by atoms with van der Waals surface area (Å²) in [6.07, 6.45) is 2.07. The van der Waals surface area contributed by atoms with E-state index in [1.165, 1.54) is 12.1 Å². The minimum atomic E-state index is -0.443. The number of carbonyl (C=O) groups excluding carboxylic acids is 1. The largest absolute Gasteiger partial charge is 0.444 e. The van der Waals surface area contributed by atoms with Crippen LogP contribution in [0.5, 0.6) is 0 Å². The van der Waals surface area contributed by atoms with Crippen LogP contribution in [-0.4, -0.2) is 76.9 Å². The van der Waals surface area contributed by atoms with E-state index in [9.17, 15) is 4.79 Å². The molecule has 0 spiro atoms. The van der Waals surface area contributed by atoms with Crippen LogP contribution in [0.4, 0.5) is 10.5 Å². The number of rotatable bonds is 4. The van der Waals surface area contributed by atoms with E-state index in [-0.39, 0.29) is 6.09 Å². The summed E-state index contributed by atoms with van der Waals surface area (Å²) in [5.74, 6) is 1.52. The zero-order valence-electron chi connectivity index (χ0n) is 22.1. The quantitative estimate of drug-likeness (QED) is 0.516. The van der Waals surface area contributed by atoms with Gasteiger partial charge in [0.05, 0.1) is 11.0 Å². The Kier molecular flexibility index (Phi) is 6.93. The first-order valence-corrected chi connectivity index (χ1v) is 13.2. The highest BCUT2D eigenvalue weighted by molar-refractivity contribution is 5.81. The molecular formula is C29H39N5O2. The van der Waals surface area contributed by atoms with E-state index in [1.54, 1.807) is 0 Å². The van der Waals surface area contributed by atoms with Gasteiger partial charge in [0.15, 0.2) is 0 Å². The fraction of sp³-hybridized carbons (Fsp3) is 0.517. The maximum Gasteiger partial charge on any atom is 0.410 e. The van der Waals surface area contributed by atoms with Crippen molar-refractivity contribution >= 4 is 22.8 Å². The summed E-state index contributed by atoms with van der Waals surface area (Å²) >= 11 is 0. The molecule has 2 aliphatic heterocycles. The van der Waals surface area contributed by atoms with Crippen LogP contribution in [-0.2, 0) is 11.8 Å². The number of imidazole rings is 1. The number of aryl methyl sites for hydroxylation is 1. The molecule has 2 saturated heterocycles. The van der Waals surface area contributed by atoms with Crippen molar-refractivity contribution in [2.45, 2.75) is 39.2 Å². The standard InChI is InChI=1S/C29H39N5O2/c1-29(2,3)36-28(35)34-14-8-9-22(21-34)20-32-15-17-33(18-16-32)24-11-7-10-23(19-24)27-30-25-12-5-6-13-26(25)31(27)4/h5-7,10-13,19,22H,8-9,14-18,20-21H2,1-4H3. The molecular weight excluding hydrogens is 450 g/mol. The van der Waals surface area contributed by atoms with Gasteiger partial charge in [-0.2, -0.15) is 0 Å². The molecule has 192 valence electrons. The Balaban J connectivity index is 1.18. The van der Waals surface area contributed by atoms with Crippen molar-refractivity contribution in [1.29, 1.82) is 0 Å². The molecule has 3 aromatic rings. The minimum Gasteiger partial charge on any atom is -0.444 e. The molecule has 2 fully saturated rings. The first kappa shape index (κ1) is 24.6. The Labute approximate surface area is 214 Å². The third-order valence-electron chi connectivity index (χ3n) is 7.32. The normalized spacial score (nSPS) is 19.6. The Hall–Kier alpha value is -3.06. The highest BCUT2D eigenvalue weighted by Crippen LogP contribution is 2.28. The SMILES string of the molecule is Cn1c(-c2cccc(N3CCN(CC4CCCN(C(=O)OC(C)(C)C)C4)CC3)c2)nc2ccccc21. The molecule has 0 aliphatic carbocycles. The molecule has 2 aliphatic rings. The van der Waals surface area contributed by atoms with Crippen LogP contribution < -0.4 is 4.90 Å². The van der Waals surface area contributed by atoms with Crippen molar-refractivity contribution in [2.24, 2.45) is 13.0 Å². The van der Waals surface area contributed by atoms with Gasteiger partial charge in [-0.15, -0.1) is 0 Å². The molecule has 0 N–H and O–H groups in total. The van der Waals surface area contributed by atoms with Crippen molar-refractivity contribution < 1.29 is 9.53 Å². The average Bonchev–Trinajstić information content (AvgIpc) is 3.20. The van der Waals surface area contributed by atoms with Crippen LogP contribution in [0.25, 0.3) is 22.4 Å². The zero-order chi connectivity index (χ0) is 25.3. The second kappa shape index (κ2) is 10.1. The molecule has 1 atom stereocenters. The minimum absolute atomic E-state index is 0.169. The Bertz CT molecular complexity index is 1210. The number of benzene rings is 2. The summed E-state index contributed by atoms with van der Waals surface area (Å²) in [6.45, 7) is 12.5. The van der Waals surface area contributed by atoms with Gasteiger partial charge >= 0.3 is 6.09 Å². The highest BCUT2D eigenvalue weighted by Gasteiger charge is 2.29. The zero-order valence-corrected chi connectivity index (χ0v) is 22.1. The number of nitrogens with zero attached hydrogens (tertiary/aromatic N) is 5. The summed E-state index contributed by atoms with van der Waals surface area (Å²) < 4.78 is 7.78. The number of amides is 1. The number of piperidine rings is 1. The lowest BCUT2D eigenvalue weighted by atomic mass is 9.97. The number of likely N-dealkylation sites (tertiary alicyclic amines) is 1. The molecule has 0 radical (unpaired) electrons. The number of aromatic nitrogens is 2. The van der Waals surface area contributed by atoms with E-state index in [2.05, 4.69) is 63.9 Å². The molecule has 5 rings (SSSR count). The van der Waals surface area contributed by atoms with Gasteiger partial charge in [-0.05, 0) is 63.8 Å². The molecule has 0 bridgehead atoms. The van der Waals surface area contributed by atoms with Crippen molar-refractivity contribution in [2.75, 3.05) is 50.7 Å². The van der Waals surface area contributed by atoms with Gasteiger partial charge < -0.3 is 19.1 Å². The maximum atomic E-state index is 12.5. The molecule has 1 unspecified atom stereocenters. The van der Waals surface area contributed by atoms with Crippen LogP contribution >= 0.6 is 0 Å². The van der Waals surface area contributed by atoms with Crippen LogP contribution in [0.15, 0.2) is 48.5 Å². The van der Waals surface area contributed by atoms with Crippen molar-refractivity contribution in [3.05, 3.63) is 48.5 Å². The number of hydrogen-bond acceptors (Lipinski definition) is 5. The molecule has 2 aromatic carbocycles. The van der Waals surface area contributed by atoms with E-state index in [0.717, 1.165) is 74.7 Å². The molecule has 7 nitrogen and oxygen atoms in total. The predicted molar refractivity (Wildman–Crippen MR) is 145 cm³/mol. The number of carbonyl (C=O) groups is 1. The molecule has 1 aromatic heterocycles. The number of anilines is 1. The van der Waals surface area contributed by atoms with Crippen LogP contribution in [0, 0.1) is 5.92 Å². The number of hydrogen-bond donors (Lipinski definition) is 0. The molecule has 3 heterocycles. The van der Waals surface area contributed by atoms with Gasteiger partial charge in [0, 0.05) is 64.1 Å². The van der Waals surface area contributed by atoms with Gasteiger partial charge in [-0.3, -0.25) is 4.90 Å². The third kappa shape index (κ3) is 5.51. The summed E-state index contributed by atoms with van der Waals surface area (Å²) in [6, 6.07) is 17.1. The monoisotopic (exact) mass is 489 g/mol. The number of ether oxygens (including phenoxy) is 1. The van der Waals surface area contributed by atoms with Gasteiger partial charge in [-0.1, -0.05) is 24.3 Å². The van der Waals surface area contributed by atoms with Crippen LogP contribution in [0.2, 0.25) is 0 Å². The fourth-order valence-electron chi connectivity index (χ4n) is 5.51. The lowest BCUT2D eigenvalue weighted by molar-refractivity contribution is 0.0143. The second-order valence-corrected chi connectivity index (χ2v) is 11.3. The van der Waals surface area contributed by atoms with E-state index in [4.69, 9.17) is 9.72 Å². The highest BCUT2D eigenvalue weighted by atomic mass is 16.6. The van der Waals surface area contributed by atoms with E-state index >= 15 is 0 Å². The second-order valence-electron chi connectivity index (χ2n) is 11.3. The summed E-state index contributed by atoms with van der Waals surface area (Å²) in [5, 5.41) is 0. The summed E-state index contributed by atoms with van der Waals surface area (Å²) in [7, 11) is 2.09. The van der Waals surface area contributed by atoms with E-state index in [0.29, 0.717) is 5.92 Å². The van der Waals surface area contributed by atoms with Crippen molar-refractivity contribution in [1.82, 2.24) is 19.4 Å². The van der Waals surface area contributed by atoms with E-state index < -0.39 is 5.60 Å². The van der Waals surface area contributed by atoms with Gasteiger partial charge in [0.25, 0.3) is 0 Å². The number of piperazine rings is 1. The maximum absolute atomic E-state index is 12.5. The number of para-hydroxylation sites is 2. The number of fused-ring (bicyclic) bond motifs is 1. The Morgan fingerprint density at radius 3 is 2.56 bits per heavy atom. The molecule has 36 heavy (non-hydrogen) atoms. The lowest BCUT2D eigenvalue weighted by Crippen LogP contribution is -2.50. The van der Waals surface area contributed by atoms with Crippen molar-refractivity contribution in [3.8, 4) is 11.4 Å². The fourth-order valence-corrected chi connectivity index (χ4v) is 5.51. The third-order valence-corrected chi connectivity index (χ3v) is 7.32. The molecule has 7 heteroatoms. The van der Waals surface area contributed by atoms with Gasteiger partial charge in [0.2, 0.25) is 0 Å². The lowest BCUT2D eigenvalue weighted by Gasteiger charge is -2.40. The molecule has 0 saturated carbocycles. The topological polar surface area (TPSA) is 53.8 Å². The van der Waals surface area contributed by atoms with Gasteiger partial charge in [-0.25, -0.2) is 9.78 Å². The molecule has 1 amide bonds. The van der Waals surface area contributed by atoms with Crippen LogP contribution in [0.1, 0.15) is 33.6 Å².